The van der Waals surface area contributed by atoms with Crippen LogP contribution < -0.4 is 10.5 Å². The standard InChI is InChI=1S/C13H17N3O3/c1-15-7-13(18)16(8-12(15)17)6-9-5-10(14)3-4-11(9)19-2/h3-5H,6-8,14H2,1-2H3. The van der Waals surface area contributed by atoms with Gasteiger partial charge in [-0.1, -0.05) is 0 Å². The van der Waals surface area contributed by atoms with E-state index >= 15 is 0 Å². The summed E-state index contributed by atoms with van der Waals surface area (Å²) < 4.78 is 5.24. The number of hydrogen-bond acceptors (Lipinski definition) is 4. The van der Waals surface area contributed by atoms with E-state index in [9.17, 15) is 9.59 Å². The van der Waals surface area contributed by atoms with Crippen molar-refractivity contribution < 1.29 is 14.3 Å². The Morgan fingerprint density at radius 3 is 2.68 bits per heavy atom. The van der Waals surface area contributed by atoms with E-state index in [1.54, 1.807) is 32.4 Å². The summed E-state index contributed by atoms with van der Waals surface area (Å²) in [6.45, 7) is 0.531. The number of hydrogen-bond donors (Lipinski definition) is 1. The van der Waals surface area contributed by atoms with Crippen molar-refractivity contribution in [2.75, 3.05) is 33.0 Å². The minimum absolute atomic E-state index is 0.0672. The second-order valence-corrected chi connectivity index (χ2v) is 4.57. The zero-order valence-corrected chi connectivity index (χ0v) is 11.0. The highest BCUT2D eigenvalue weighted by Crippen LogP contribution is 2.23. The topological polar surface area (TPSA) is 75.9 Å². The Balaban J connectivity index is 2.19. The van der Waals surface area contributed by atoms with Gasteiger partial charge in [0.25, 0.3) is 0 Å². The van der Waals surface area contributed by atoms with Gasteiger partial charge in [0, 0.05) is 24.8 Å². The van der Waals surface area contributed by atoms with E-state index in [0.717, 1.165) is 5.56 Å². The molecule has 1 fully saturated rings. The van der Waals surface area contributed by atoms with Crippen LogP contribution in [0.15, 0.2) is 18.2 Å². The summed E-state index contributed by atoms with van der Waals surface area (Å²) in [5.74, 6) is 0.516. The summed E-state index contributed by atoms with van der Waals surface area (Å²) in [6, 6.07) is 5.25. The number of nitrogens with two attached hydrogens (primary N) is 1. The third kappa shape index (κ3) is 2.78. The number of nitrogens with zero attached hydrogens (tertiary/aromatic N) is 2. The largest absolute Gasteiger partial charge is 0.496 e. The van der Waals surface area contributed by atoms with E-state index in [1.165, 1.54) is 9.80 Å². The number of methoxy groups -OCH3 is 1. The van der Waals surface area contributed by atoms with Gasteiger partial charge in [0.1, 0.15) is 12.3 Å². The average Bonchev–Trinajstić information content (AvgIpc) is 2.36. The van der Waals surface area contributed by atoms with Crippen molar-refractivity contribution in [2.45, 2.75) is 6.54 Å². The van der Waals surface area contributed by atoms with E-state index in [1.807, 2.05) is 0 Å². The molecule has 1 heterocycles. The number of amides is 2. The van der Waals surface area contributed by atoms with Gasteiger partial charge in [-0.15, -0.1) is 0 Å². The Bertz CT molecular complexity index is 516. The molecule has 2 rings (SSSR count). The maximum Gasteiger partial charge on any atom is 0.242 e. The molecule has 6 heteroatoms. The molecule has 1 aliphatic rings. The lowest BCUT2D eigenvalue weighted by Crippen LogP contribution is -2.51. The Morgan fingerprint density at radius 2 is 2.00 bits per heavy atom. The molecule has 0 saturated carbocycles. The second-order valence-electron chi connectivity index (χ2n) is 4.57. The number of benzene rings is 1. The molecule has 2 N–H and O–H groups in total. The monoisotopic (exact) mass is 263 g/mol. The molecule has 0 bridgehead atoms. The van der Waals surface area contributed by atoms with Crippen LogP contribution in [0.2, 0.25) is 0 Å². The predicted octanol–water partition coefficient (Wildman–Crippen LogP) is 0.0780. The molecule has 1 saturated heterocycles. The van der Waals surface area contributed by atoms with E-state index in [0.29, 0.717) is 18.0 Å². The summed E-state index contributed by atoms with van der Waals surface area (Å²) in [7, 11) is 3.19. The van der Waals surface area contributed by atoms with Crippen molar-refractivity contribution in [3.05, 3.63) is 23.8 Å². The Kier molecular flexibility index (Phi) is 3.59. The van der Waals surface area contributed by atoms with Crippen LogP contribution in [0.1, 0.15) is 5.56 Å². The second kappa shape index (κ2) is 5.17. The van der Waals surface area contributed by atoms with Gasteiger partial charge in [-0.05, 0) is 18.2 Å². The molecule has 1 aromatic carbocycles. The van der Waals surface area contributed by atoms with Gasteiger partial charge in [-0.3, -0.25) is 9.59 Å². The summed E-state index contributed by atoms with van der Waals surface area (Å²) in [6.07, 6.45) is 0. The van der Waals surface area contributed by atoms with Crippen molar-refractivity contribution in [3.63, 3.8) is 0 Å². The number of ether oxygens (including phenoxy) is 1. The van der Waals surface area contributed by atoms with Crippen LogP contribution in [-0.2, 0) is 16.1 Å². The zero-order valence-electron chi connectivity index (χ0n) is 11.0. The molecule has 0 atom stereocenters. The van der Waals surface area contributed by atoms with Crippen molar-refractivity contribution in [1.29, 1.82) is 0 Å². The van der Waals surface area contributed by atoms with Crippen LogP contribution in [0.3, 0.4) is 0 Å². The lowest BCUT2D eigenvalue weighted by molar-refractivity contribution is -0.149. The summed E-state index contributed by atoms with van der Waals surface area (Å²) in [5, 5.41) is 0. The number of nitrogen functional groups attached to an aromatic ring is 1. The Labute approximate surface area is 111 Å². The lowest BCUT2D eigenvalue weighted by atomic mass is 10.1. The number of anilines is 1. The van der Waals surface area contributed by atoms with E-state index in [2.05, 4.69) is 0 Å². The van der Waals surface area contributed by atoms with E-state index in [4.69, 9.17) is 10.5 Å². The molecule has 0 radical (unpaired) electrons. The number of likely N-dealkylation sites (N-methyl/N-ethyl adjacent to an activating group) is 1. The first kappa shape index (κ1) is 13.2. The van der Waals surface area contributed by atoms with Gasteiger partial charge < -0.3 is 20.3 Å². The Hall–Kier alpha value is -2.24. The first-order valence-corrected chi connectivity index (χ1v) is 5.95. The molecule has 6 nitrogen and oxygen atoms in total. The van der Waals surface area contributed by atoms with Gasteiger partial charge in [-0.2, -0.15) is 0 Å². The van der Waals surface area contributed by atoms with Gasteiger partial charge in [0.15, 0.2) is 0 Å². The fourth-order valence-electron chi connectivity index (χ4n) is 2.04. The summed E-state index contributed by atoms with van der Waals surface area (Å²) in [5.41, 5.74) is 7.14. The molecule has 0 aliphatic carbocycles. The zero-order chi connectivity index (χ0) is 14.0. The van der Waals surface area contributed by atoms with E-state index < -0.39 is 0 Å². The van der Waals surface area contributed by atoms with Crippen LogP contribution in [0, 0.1) is 0 Å². The molecular formula is C13H17N3O3. The fraction of sp³-hybridized carbons (Fsp3) is 0.385. The van der Waals surface area contributed by atoms with E-state index in [-0.39, 0.29) is 24.9 Å². The molecule has 0 spiro atoms. The average molecular weight is 263 g/mol. The fourth-order valence-corrected chi connectivity index (χ4v) is 2.04. The van der Waals surface area contributed by atoms with Gasteiger partial charge in [0.05, 0.1) is 13.7 Å². The smallest absolute Gasteiger partial charge is 0.242 e. The number of rotatable bonds is 3. The Morgan fingerprint density at radius 1 is 1.26 bits per heavy atom. The molecule has 2 amide bonds. The number of carbonyl (C=O) groups is 2. The van der Waals surface area contributed by atoms with Gasteiger partial charge in [-0.25, -0.2) is 0 Å². The summed E-state index contributed by atoms with van der Waals surface area (Å²) >= 11 is 0. The molecular weight excluding hydrogens is 246 g/mol. The molecule has 102 valence electrons. The lowest BCUT2D eigenvalue weighted by Gasteiger charge is -2.32. The van der Waals surface area contributed by atoms with Crippen molar-refractivity contribution in [2.24, 2.45) is 0 Å². The molecule has 19 heavy (non-hydrogen) atoms. The highest BCUT2D eigenvalue weighted by molar-refractivity contribution is 5.92. The third-order valence-corrected chi connectivity index (χ3v) is 3.14. The van der Waals surface area contributed by atoms with Crippen molar-refractivity contribution >= 4 is 17.5 Å². The quantitative estimate of drug-likeness (QED) is 0.783. The number of piperazine rings is 1. The van der Waals surface area contributed by atoms with Crippen molar-refractivity contribution in [1.82, 2.24) is 9.80 Å². The number of carbonyl (C=O) groups excluding carboxylic acids is 2. The maximum absolute atomic E-state index is 11.9. The first-order valence-electron chi connectivity index (χ1n) is 5.95. The van der Waals surface area contributed by atoms with Crippen molar-refractivity contribution in [3.8, 4) is 5.75 Å². The SMILES string of the molecule is COc1ccc(N)cc1CN1CC(=O)N(C)CC1=O. The predicted molar refractivity (Wildman–Crippen MR) is 70.5 cm³/mol. The van der Waals surface area contributed by atoms with Crippen LogP contribution in [0.5, 0.6) is 5.75 Å². The minimum Gasteiger partial charge on any atom is -0.496 e. The third-order valence-electron chi connectivity index (χ3n) is 3.14. The van der Waals surface area contributed by atoms with Crippen LogP contribution in [0.25, 0.3) is 0 Å². The molecule has 1 aromatic rings. The maximum atomic E-state index is 11.9. The molecule has 0 unspecified atom stereocenters. The van der Waals surface area contributed by atoms with Gasteiger partial charge >= 0.3 is 0 Å². The van der Waals surface area contributed by atoms with Crippen LogP contribution in [0.4, 0.5) is 5.69 Å². The van der Waals surface area contributed by atoms with Gasteiger partial charge in [0.2, 0.25) is 11.8 Å². The normalized spacial score (nSPS) is 15.9. The highest BCUT2D eigenvalue weighted by atomic mass is 16.5. The molecule has 1 aliphatic heterocycles. The highest BCUT2D eigenvalue weighted by Gasteiger charge is 2.27. The minimum atomic E-state index is -0.0772. The molecule has 0 aromatic heterocycles. The summed E-state index contributed by atoms with van der Waals surface area (Å²) in [4.78, 5) is 26.5. The van der Waals surface area contributed by atoms with Crippen LogP contribution >= 0.6 is 0 Å². The van der Waals surface area contributed by atoms with Crippen LogP contribution in [-0.4, -0.2) is 48.9 Å². The first-order chi connectivity index (χ1) is 9.01.